The zero-order valence-electron chi connectivity index (χ0n) is 28.3. The van der Waals surface area contributed by atoms with E-state index in [1.165, 1.54) is 46.1 Å². The lowest BCUT2D eigenvalue weighted by Crippen LogP contribution is -2.02. The summed E-state index contributed by atoms with van der Waals surface area (Å²) >= 11 is 16.4. The van der Waals surface area contributed by atoms with Crippen LogP contribution in [0.1, 0.15) is 42.2 Å². The molecule has 274 valence electrons. The maximum absolute atomic E-state index is 11.0. The predicted molar refractivity (Wildman–Crippen MR) is 269 cm³/mol. The van der Waals surface area contributed by atoms with E-state index in [2.05, 4.69) is 184 Å². The zero-order valence-corrected chi connectivity index (χ0v) is 42.9. The summed E-state index contributed by atoms with van der Waals surface area (Å²) in [6, 6.07) is 41.4. The summed E-state index contributed by atoms with van der Waals surface area (Å²) in [5.74, 6) is 0.791. The Bertz CT molecular complexity index is 1910. The summed E-state index contributed by atoms with van der Waals surface area (Å²) in [5.41, 5.74) is 1.95. The molecule has 52 heavy (non-hydrogen) atoms. The fourth-order valence-corrected chi connectivity index (χ4v) is 8.49. The van der Waals surface area contributed by atoms with Crippen LogP contribution in [0.2, 0.25) is 0 Å². The van der Waals surface area contributed by atoms with Crippen LogP contribution in [-0.2, 0) is 4.74 Å². The van der Waals surface area contributed by atoms with Gasteiger partial charge in [0, 0.05) is 14.3 Å². The van der Waals surface area contributed by atoms with Gasteiger partial charge in [-0.2, -0.15) is 0 Å². The Morgan fingerprint density at radius 2 is 1.17 bits per heavy atom. The van der Waals surface area contributed by atoms with E-state index in [1.807, 2.05) is 84.9 Å². The fourth-order valence-electron chi connectivity index (χ4n) is 3.25. The Kier molecular flexibility index (Phi) is 28.0. The van der Waals surface area contributed by atoms with E-state index in [4.69, 9.17) is 4.74 Å². The lowest BCUT2D eigenvalue weighted by molar-refractivity contribution is 0.0599. The van der Waals surface area contributed by atoms with Crippen molar-refractivity contribution in [2.24, 2.45) is 0 Å². The number of hydrogen-bond acceptors (Lipinski definition) is 7. The highest BCUT2D eigenvalue weighted by Gasteiger charge is 2.07. The second-order valence-electron chi connectivity index (χ2n) is 9.65. The molecule has 0 spiro atoms. The second kappa shape index (κ2) is 29.5. The molecule has 2 aromatic heterocycles. The Balaban J connectivity index is 0.000000314. The first-order valence-corrected chi connectivity index (χ1v) is 22.9. The first kappa shape index (κ1) is 49.3. The summed E-state index contributed by atoms with van der Waals surface area (Å²) in [6.45, 7) is 3.68. The van der Waals surface area contributed by atoms with Crippen LogP contribution < -0.4 is 4.74 Å². The molecule has 4 aromatic carbocycles. The number of hydrogen-bond donors (Lipinski definition) is 0. The molecular weight excluding hydrogens is 1370 g/mol. The molecule has 0 aliphatic heterocycles. The Morgan fingerprint density at radius 1 is 0.615 bits per heavy atom. The highest BCUT2D eigenvalue weighted by atomic mass is 127. The molecule has 0 N–H and O–H groups in total. The third kappa shape index (κ3) is 23.2. The first-order valence-electron chi connectivity index (χ1n) is 14.8. The van der Waals surface area contributed by atoms with Gasteiger partial charge in [-0.05, 0) is 228 Å². The second-order valence-corrected chi connectivity index (χ2v) is 20.5. The van der Waals surface area contributed by atoms with Gasteiger partial charge >= 0.3 is 5.97 Å². The molecule has 0 atom stereocenters. The number of ketones is 1. The molecule has 13 heteroatoms. The molecule has 2 heterocycles. The van der Waals surface area contributed by atoms with Crippen LogP contribution in [0, 0.1) is 27.0 Å². The molecule has 6 aromatic rings. The van der Waals surface area contributed by atoms with Gasteiger partial charge in [-0.1, -0.05) is 54.1 Å². The van der Waals surface area contributed by atoms with Gasteiger partial charge in [0.25, 0.3) is 0 Å². The predicted octanol–water partition coefficient (Wildman–Crippen LogP) is 14.0. The minimum atomic E-state index is -0.282. The van der Waals surface area contributed by atoms with Gasteiger partial charge in [-0.15, -0.1) is 22.7 Å². The normalized spacial score (nSPS) is 9.19. The summed E-state index contributed by atoms with van der Waals surface area (Å²) < 4.78 is 16.6. The highest BCUT2D eigenvalue weighted by molar-refractivity contribution is 14.1. The molecule has 0 bridgehead atoms. The molecule has 0 saturated heterocycles. The molecule has 0 fully saturated rings. The van der Waals surface area contributed by atoms with Crippen molar-refractivity contribution in [3.05, 3.63) is 168 Å². The molecule has 5 nitrogen and oxygen atoms in total. The van der Waals surface area contributed by atoms with Crippen molar-refractivity contribution in [2.45, 2.75) is 13.8 Å². The van der Waals surface area contributed by atoms with E-state index in [1.54, 1.807) is 20.1 Å². The molecule has 0 aliphatic carbocycles. The van der Waals surface area contributed by atoms with Crippen molar-refractivity contribution in [1.82, 2.24) is 0 Å². The Labute approximate surface area is 396 Å². The molecular formula is C39H34I6O5S2. The third-order valence-corrected chi connectivity index (χ3v) is 12.5. The van der Waals surface area contributed by atoms with Crippen molar-refractivity contribution in [3.63, 3.8) is 0 Å². The van der Waals surface area contributed by atoms with Crippen molar-refractivity contribution in [2.75, 3.05) is 14.2 Å². The SMILES string of the molecule is CC(=O)c1ccc(I)s1.COC(=O)c1ccccc1I.COc1cccc(I)c1.Cc1cccc(I)c1.Ic1ccccc1.O=Cc1ccc(I)s1. The van der Waals surface area contributed by atoms with Gasteiger partial charge in [0.2, 0.25) is 0 Å². The van der Waals surface area contributed by atoms with E-state index < -0.39 is 0 Å². The standard InChI is InChI=1S/C8H7IO2.C7H7IO.C7H7I.C6H5IOS.C6H5I.C5H3IOS/c1-11-8(10)6-4-2-3-5-7(6)9;1-9-7-4-2-3-6(8)5-7;1-6-3-2-4-7(8)5-6;1-4(8)5-2-3-6(7)9-5;7-6-4-2-1-3-5-6;6-5-2-1-4(3-7)8-5/h2-5H,1H3;2-5H,1H3;2-5H,1H3;2-3H,1H3;1-5H;1-3H. The molecule has 0 unspecified atom stereocenters. The summed E-state index contributed by atoms with van der Waals surface area (Å²) in [5, 5.41) is 0. The monoisotopic (exact) mass is 1410 g/mol. The van der Waals surface area contributed by atoms with Crippen LogP contribution in [0.4, 0.5) is 0 Å². The lowest BCUT2D eigenvalue weighted by Gasteiger charge is -1.99. The number of benzene rings is 4. The molecule has 0 aliphatic rings. The fraction of sp³-hybridized carbons (Fsp3) is 0.103. The minimum Gasteiger partial charge on any atom is -0.497 e. The number of Topliss-reactive ketones (excluding diaryl/α,β-unsaturated/α-hetero) is 1. The van der Waals surface area contributed by atoms with Crippen LogP contribution >= 0.6 is 158 Å². The highest BCUT2D eigenvalue weighted by Crippen LogP contribution is 2.18. The molecule has 0 saturated carbocycles. The van der Waals surface area contributed by atoms with E-state index in [0.717, 1.165) is 31.1 Å². The van der Waals surface area contributed by atoms with Crippen LogP contribution in [0.5, 0.6) is 5.75 Å². The van der Waals surface area contributed by atoms with Crippen molar-refractivity contribution >= 4 is 176 Å². The minimum absolute atomic E-state index is 0.155. The lowest BCUT2D eigenvalue weighted by atomic mass is 10.2. The van der Waals surface area contributed by atoms with Crippen molar-refractivity contribution < 1.29 is 23.9 Å². The van der Waals surface area contributed by atoms with Gasteiger partial charge in [0.15, 0.2) is 12.1 Å². The van der Waals surface area contributed by atoms with Gasteiger partial charge in [-0.3, -0.25) is 9.59 Å². The number of carbonyl (C=O) groups is 3. The Hall–Kier alpha value is -0.730. The van der Waals surface area contributed by atoms with E-state index >= 15 is 0 Å². The Morgan fingerprint density at radius 3 is 1.52 bits per heavy atom. The number of carbonyl (C=O) groups excluding carboxylic acids is 3. The van der Waals surface area contributed by atoms with Crippen molar-refractivity contribution in [3.8, 4) is 5.75 Å². The number of rotatable bonds is 4. The van der Waals surface area contributed by atoms with Gasteiger partial charge < -0.3 is 9.47 Å². The van der Waals surface area contributed by atoms with Gasteiger partial charge in [0.1, 0.15) is 5.75 Å². The largest absolute Gasteiger partial charge is 0.497 e. The molecule has 0 amide bonds. The number of esters is 1. The van der Waals surface area contributed by atoms with E-state index in [9.17, 15) is 14.4 Å². The number of ether oxygens (including phenoxy) is 2. The average molecular weight is 1410 g/mol. The van der Waals surface area contributed by atoms with Gasteiger partial charge in [0.05, 0.1) is 35.3 Å². The summed E-state index contributed by atoms with van der Waals surface area (Å²) in [6.07, 6.45) is 0.868. The summed E-state index contributed by atoms with van der Waals surface area (Å²) in [4.78, 5) is 33.3. The first-order chi connectivity index (χ1) is 24.8. The van der Waals surface area contributed by atoms with Crippen molar-refractivity contribution in [1.29, 1.82) is 0 Å². The zero-order chi connectivity index (χ0) is 38.9. The smallest absolute Gasteiger partial charge is 0.338 e. The molecule has 0 radical (unpaired) electrons. The molecule has 6 rings (SSSR count). The maximum Gasteiger partial charge on any atom is 0.338 e. The third-order valence-electron chi connectivity index (χ3n) is 5.65. The van der Waals surface area contributed by atoms with Crippen LogP contribution in [-0.4, -0.2) is 32.3 Å². The number of aryl methyl sites for hydroxylation is 1. The quantitative estimate of drug-likeness (QED) is 0.0761. The van der Waals surface area contributed by atoms with Crippen LogP contribution in [0.25, 0.3) is 0 Å². The van der Waals surface area contributed by atoms with Crippen LogP contribution in [0.3, 0.4) is 0 Å². The number of methoxy groups -OCH3 is 2. The number of thiophene rings is 2. The average Bonchev–Trinajstić information content (AvgIpc) is 3.77. The maximum atomic E-state index is 11.0. The topological polar surface area (TPSA) is 69.7 Å². The number of aldehydes is 1. The summed E-state index contributed by atoms with van der Waals surface area (Å²) in [7, 11) is 3.05. The van der Waals surface area contributed by atoms with Crippen LogP contribution in [0.15, 0.2) is 127 Å². The van der Waals surface area contributed by atoms with E-state index in [0.29, 0.717) is 5.56 Å². The van der Waals surface area contributed by atoms with E-state index in [-0.39, 0.29) is 11.8 Å². The number of halogens is 6. The van der Waals surface area contributed by atoms with Gasteiger partial charge in [-0.25, -0.2) is 4.79 Å².